The van der Waals surface area contributed by atoms with Crippen molar-refractivity contribution >= 4 is 98.2 Å². The summed E-state index contributed by atoms with van der Waals surface area (Å²) in [7, 11) is -26.4. The van der Waals surface area contributed by atoms with Gasteiger partial charge in [0.05, 0.1) is 126 Å². The molecule has 31 nitrogen and oxygen atoms in total. The number of alkyl halides is 15. The van der Waals surface area contributed by atoms with Gasteiger partial charge in [0.2, 0.25) is 28.0 Å². The summed E-state index contributed by atoms with van der Waals surface area (Å²) in [4.78, 5) is 101. The van der Waals surface area contributed by atoms with Crippen LogP contribution in [0.5, 0.6) is 0 Å². The Balaban J connectivity index is 0.000000132. The fourth-order valence-electron chi connectivity index (χ4n) is 31.0. The van der Waals surface area contributed by atoms with Gasteiger partial charge in [0.1, 0.15) is 18.0 Å². The van der Waals surface area contributed by atoms with Crippen molar-refractivity contribution < 1.29 is 207 Å². The van der Waals surface area contributed by atoms with Gasteiger partial charge in [-0.1, -0.05) is 0 Å². The van der Waals surface area contributed by atoms with Crippen molar-refractivity contribution in [1.29, 1.82) is 0 Å². The first-order valence-electron chi connectivity index (χ1n) is 46.6. The van der Waals surface area contributed by atoms with E-state index in [0.717, 1.165) is 103 Å². The third-order valence-corrected chi connectivity index (χ3v) is 39.7. The van der Waals surface area contributed by atoms with E-state index in [9.17, 15) is 174 Å². The lowest BCUT2D eigenvalue weighted by molar-refractivity contribution is -0.265. The first kappa shape index (κ1) is 107. The molecule has 1 saturated heterocycles. The monoisotopic (exact) mass is 2100 g/mol. The molecular weight excluding hydrogens is 1990 g/mol. The van der Waals surface area contributed by atoms with E-state index in [-0.39, 0.29) is 91.1 Å². The Kier molecular flexibility index (Phi) is 27.3. The maximum absolute atomic E-state index is 13.7. The molecule has 0 spiro atoms. The Labute approximate surface area is 786 Å². The molecule has 51 heteroatoms. The number of hydrogen-bond acceptors (Lipinski definition) is 31. The van der Waals surface area contributed by atoms with Crippen LogP contribution in [0.2, 0.25) is 0 Å². The second-order valence-electron chi connectivity index (χ2n) is 45.7. The van der Waals surface area contributed by atoms with Gasteiger partial charge in [-0.15, -0.1) is 0 Å². The summed E-state index contributed by atoms with van der Waals surface area (Å²) in [6, 6.07) is 0. The fraction of sp³-hybridized carbons (Fsp3) is 0.908. The fourth-order valence-corrected chi connectivity index (χ4v) is 35.5. The molecule has 23 rings (SSSR count). The number of aliphatic hydroxyl groups is 1. The average molecular weight is 2100 g/mol. The van der Waals surface area contributed by atoms with Crippen LogP contribution in [0.15, 0.2) is 0 Å². The molecular formula is C87H110F15O31S5-5. The van der Waals surface area contributed by atoms with Gasteiger partial charge >= 0.3 is 72.7 Å². The Bertz CT molecular complexity index is 5310. The van der Waals surface area contributed by atoms with E-state index in [1.165, 1.54) is 12.8 Å². The SMILES string of the molecule is CC(CS(=O)(=O)[O-])(OC(=O)C12CC3CC(C1)C(=O)C(C3)C2)C(F)(F)F.CC(CS(=O)(=O)[O-])(OC(=O)C12CC3CC(C1)C(O)C(C3)C2)C(F)(F)F.CC(CS(=O)(=O)[O-])(OC(=O)C1C2CC3C(OC(=O)C31)C2OC(=O)C12CC3CC(CC(C3)C1)C2)C(F)(F)F.CC(CS(=O)(=O)[O-])(OC(=O)C1CC2CC1C1C3CCC(C3)C21)C(F)(F)F.CC(CS(=O)(=O)[O-])(OC(=O)CC12CC3CC(CC(C3)C1)C2)C(F)(F)F. The van der Waals surface area contributed by atoms with Gasteiger partial charge in [0.25, 0.3) is 0 Å². The minimum atomic E-state index is -5.42. The molecule has 0 radical (unpaired) electrons. The minimum Gasteiger partial charge on any atom is -0.748 e. The number of ether oxygens (including phenoxy) is 7. The summed E-state index contributed by atoms with van der Waals surface area (Å²) in [6.07, 6.45) is -7.87. The van der Waals surface area contributed by atoms with Crippen molar-refractivity contribution in [2.45, 2.75) is 298 Å². The highest BCUT2D eigenvalue weighted by atomic mass is 32.2. The average Bonchev–Trinajstić information content (AvgIpc) is 1.49. The van der Waals surface area contributed by atoms with Gasteiger partial charge in [0.15, 0.2) is 0 Å². The summed E-state index contributed by atoms with van der Waals surface area (Å²) in [6.45, 7) is 2.03. The quantitative estimate of drug-likeness (QED) is 0.0326. The first-order chi connectivity index (χ1) is 62.8. The van der Waals surface area contributed by atoms with E-state index in [0.29, 0.717) is 132 Å². The van der Waals surface area contributed by atoms with Gasteiger partial charge in [-0.25, -0.2) is 42.1 Å². The lowest BCUT2D eigenvalue weighted by atomic mass is 9.48. The number of fused-ring (bicyclic) bond motifs is 10. The van der Waals surface area contributed by atoms with Crippen molar-refractivity contribution in [3.63, 3.8) is 0 Å². The summed E-state index contributed by atoms with van der Waals surface area (Å²) < 4.78 is 399. The molecule has 23 fully saturated rings. The lowest BCUT2D eigenvalue weighted by Gasteiger charge is -2.57. The molecule has 784 valence electrons. The number of rotatable bonds is 23. The number of ketones is 1. The summed E-state index contributed by atoms with van der Waals surface area (Å²) >= 11 is 0. The van der Waals surface area contributed by atoms with Crippen LogP contribution < -0.4 is 0 Å². The van der Waals surface area contributed by atoms with Crippen molar-refractivity contribution in [2.24, 2.45) is 158 Å². The van der Waals surface area contributed by atoms with E-state index < -0.39 is 244 Å². The molecule has 1 heterocycles. The molecule has 1 aliphatic heterocycles. The summed E-state index contributed by atoms with van der Waals surface area (Å²) in [5.41, 5.74) is -20.3. The smallest absolute Gasteiger partial charge is 0.429 e. The Morgan fingerprint density at radius 1 is 0.370 bits per heavy atom. The Morgan fingerprint density at radius 3 is 1.10 bits per heavy atom. The number of Topliss-reactive ketones (excluding diaryl/α,β-unsaturated/α-hetero) is 1. The maximum atomic E-state index is 13.7. The second kappa shape index (κ2) is 35.4. The standard InChI is InChI=1S/C24H29F3O9S.C17H23F3O5S.C16H23F3O5S.C15H21F3O6S.C15H19F3O6S/c1-22(24(25,26)27,9-37(31,32)33)36-20(29)16-14-5-13-15(16)19(28)34-17(13)18(14)35-21(30)23-6-10-2-11(7-23)4-12(3-10)8-23;1-16(17(18,19)20,7-26(22,23)24)25-15(21)12-6-10-5-11(12)14-9-3-2-8(4-9)13(10)14;1-14(16(17,18)19,9-25(21,22)23)24-13(20)8-15-5-10-2-11(6-15)4-12(3-10)7-15;2*1-13(15(16,17)18,7-25(21,22)23)24-12(20)14-4-8-2-9(5-14)11(19)10(3-8)6-14/h10-18H,2-9H2,1H3,(H,31,32,33);8-14H,2-7H2,1H3,(H,22,23,24);10-12H,2-9H2,1H3,(H,21,22,23);8-11,19H,2-7H2,1H3,(H,21,22,23);8-10H,2-7H2,1H3,(H,21,22,23)/p-5. The number of hydrogen-bond donors (Lipinski definition) is 1. The second-order valence-corrected chi connectivity index (χ2v) is 52.7. The minimum absolute atomic E-state index is 0.0362. The molecule has 22 atom stereocenters. The van der Waals surface area contributed by atoms with E-state index in [1.807, 2.05) is 0 Å². The number of carbonyl (C=O) groups excluding carboxylic acids is 8. The number of aliphatic hydroxyl groups excluding tert-OH is 1. The van der Waals surface area contributed by atoms with Crippen LogP contribution >= 0.6 is 0 Å². The highest BCUT2D eigenvalue weighted by Crippen LogP contribution is 2.71. The van der Waals surface area contributed by atoms with Gasteiger partial charge in [-0.2, -0.15) is 65.9 Å². The normalized spacial score (nSPS) is 40.9. The molecule has 1 N–H and O–H groups in total. The number of halogens is 15. The van der Waals surface area contributed by atoms with E-state index in [1.54, 1.807) is 0 Å². The topological polar surface area (TPSA) is 507 Å². The molecule has 0 aromatic rings. The lowest BCUT2D eigenvalue weighted by Crippen LogP contribution is -2.59. The maximum Gasteiger partial charge on any atom is 0.429 e. The zero-order valence-corrected chi connectivity index (χ0v) is 79.5. The molecule has 138 heavy (non-hydrogen) atoms. The highest BCUT2D eigenvalue weighted by molar-refractivity contribution is 7.86. The van der Waals surface area contributed by atoms with Crippen LogP contribution in [0.25, 0.3) is 0 Å². The molecule has 0 amide bonds. The molecule has 22 saturated carbocycles. The van der Waals surface area contributed by atoms with E-state index in [4.69, 9.17) is 14.2 Å². The van der Waals surface area contributed by atoms with Gasteiger partial charge in [-0.3, -0.25) is 38.4 Å². The molecule has 22 bridgehead atoms. The van der Waals surface area contributed by atoms with Crippen molar-refractivity contribution in [3.05, 3.63) is 0 Å². The Morgan fingerprint density at radius 2 is 0.710 bits per heavy atom. The zero-order chi connectivity index (χ0) is 102. The number of esters is 7. The van der Waals surface area contributed by atoms with Crippen LogP contribution in [-0.4, -0.2) is 223 Å². The third kappa shape index (κ3) is 21.0. The Hall–Kier alpha value is -5.58. The van der Waals surface area contributed by atoms with Gasteiger partial charge in [-0.05, 0) is 315 Å². The zero-order valence-electron chi connectivity index (χ0n) is 75.5. The van der Waals surface area contributed by atoms with Crippen LogP contribution in [-0.2, 0) is 122 Å². The molecule has 0 aromatic heterocycles. The predicted molar refractivity (Wildman–Crippen MR) is 430 cm³/mol. The van der Waals surface area contributed by atoms with Gasteiger partial charge < -0.3 is 61.0 Å². The van der Waals surface area contributed by atoms with Crippen LogP contribution in [0.4, 0.5) is 65.9 Å². The van der Waals surface area contributed by atoms with E-state index >= 15 is 0 Å². The van der Waals surface area contributed by atoms with Crippen molar-refractivity contribution in [1.82, 2.24) is 0 Å². The van der Waals surface area contributed by atoms with Gasteiger partial charge in [0, 0.05) is 23.7 Å². The first-order valence-corrected chi connectivity index (χ1v) is 54.5. The highest BCUT2D eigenvalue weighted by Gasteiger charge is 2.74. The molecule has 23 aliphatic rings. The molecule has 22 unspecified atom stereocenters. The molecule has 0 aromatic carbocycles. The van der Waals surface area contributed by atoms with Crippen LogP contribution in [0.1, 0.15) is 221 Å². The van der Waals surface area contributed by atoms with Crippen LogP contribution in [0.3, 0.4) is 0 Å². The molecule has 22 aliphatic carbocycles. The van der Waals surface area contributed by atoms with Crippen molar-refractivity contribution in [2.75, 3.05) is 28.8 Å². The number of carbonyl (C=O) groups is 8. The third-order valence-electron chi connectivity index (χ3n) is 35.2. The largest absolute Gasteiger partial charge is 0.748 e. The summed E-state index contributed by atoms with van der Waals surface area (Å²) in [5.74, 6) is -15.8. The summed E-state index contributed by atoms with van der Waals surface area (Å²) in [5, 5.41) is 10.2. The predicted octanol–water partition coefficient (Wildman–Crippen LogP) is 11.4. The van der Waals surface area contributed by atoms with Crippen molar-refractivity contribution in [3.8, 4) is 0 Å². The van der Waals surface area contributed by atoms with E-state index in [2.05, 4.69) is 18.9 Å². The van der Waals surface area contributed by atoms with Crippen LogP contribution in [0, 0.1) is 158 Å².